The first-order valence-corrected chi connectivity index (χ1v) is 7.77. The number of rotatable bonds is 6. The smallest absolute Gasteiger partial charge is 0.222 e. The maximum atomic E-state index is 12.2. The molecule has 2 atom stereocenters. The van der Waals surface area contributed by atoms with Crippen LogP contribution in [0.15, 0.2) is 24.3 Å². The van der Waals surface area contributed by atoms with Crippen molar-refractivity contribution in [2.75, 3.05) is 13.7 Å². The molecular weight excluding hydrogens is 264 g/mol. The maximum absolute atomic E-state index is 12.2. The van der Waals surface area contributed by atoms with Gasteiger partial charge >= 0.3 is 0 Å². The van der Waals surface area contributed by atoms with Crippen LogP contribution in [-0.2, 0) is 4.79 Å². The number of ether oxygens (including phenoxy) is 1. The summed E-state index contributed by atoms with van der Waals surface area (Å²) in [6.45, 7) is 5.29. The number of hydrogen-bond acceptors (Lipinski definition) is 3. The zero-order chi connectivity index (χ0) is 15.2. The molecule has 1 amide bonds. The van der Waals surface area contributed by atoms with Gasteiger partial charge in [-0.1, -0.05) is 26.0 Å². The second-order valence-electron chi connectivity index (χ2n) is 6.06. The lowest BCUT2D eigenvalue weighted by Crippen LogP contribution is -2.36. The van der Waals surface area contributed by atoms with Crippen LogP contribution in [0.2, 0.25) is 0 Å². The normalized spacial score (nSPS) is 19.5. The molecule has 1 aromatic rings. The van der Waals surface area contributed by atoms with Gasteiger partial charge in [0.2, 0.25) is 5.91 Å². The Balaban J connectivity index is 1.98. The zero-order valence-corrected chi connectivity index (χ0v) is 13.2. The summed E-state index contributed by atoms with van der Waals surface area (Å²) in [5, 5.41) is 6.54. The predicted molar refractivity (Wildman–Crippen MR) is 84.4 cm³/mol. The van der Waals surface area contributed by atoms with Crippen molar-refractivity contribution in [1.82, 2.24) is 10.6 Å². The van der Waals surface area contributed by atoms with E-state index >= 15 is 0 Å². The quantitative estimate of drug-likeness (QED) is 0.847. The Morgan fingerprint density at radius 3 is 2.62 bits per heavy atom. The fourth-order valence-corrected chi connectivity index (χ4v) is 2.83. The molecule has 1 aliphatic rings. The summed E-state index contributed by atoms with van der Waals surface area (Å²) < 4.78 is 5.18. The number of carbonyl (C=O) groups is 1. The second-order valence-corrected chi connectivity index (χ2v) is 6.06. The van der Waals surface area contributed by atoms with Gasteiger partial charge < -0.3 is 15.4 Å². The van der Waals surface area contributed by atoms with Gasteiger partial charge in [0.25, 0.3) is 0 Å². The number of methoxy groups -OCH3 is 1. The Morgan fingerprint density at radius 1 is 1.38 bits per heavy atom. The monoisotopic (exact) mass is 290 g/mol. The summed E-state index contributed by atoms with van der Waals surface area (Å²) in [5.41, 5.74) is 1.12. The first-order valence-electron chi connectivity index (χ1n) is 7.77. The van der Waals surface area contributed by atoms with E-state index in [-0.39, 0.29) is 11.9 Å². The number of benzene rings is 1. The van der Waals surface area contributed by atoms with E-state index < -0.39 is 0 Å². The van der Waals surface area contributed by atoms with E-state index in [1.807, 2.05) is 24.3 Å². The summed E-state index contributed by atoms with van der Waals surface area (Å²) in [6.07, 6.45) is 2.84. The highest BCUT2D eigenvalue weighted by Crippen LogP contribution is 2.24. The lowest BCUT2D eigenvalue weighted by Gasteiger charge is -2.24. The molecule has 116 valence electrons. The van der Waals surface area contributed by atoms with Crippen LogP contribution in [0.1, 0.15) is 44.7 Å². The predicted octanol–water partition coefficient (Wildman–Crippen LogP) is 2.65. The molecule has 1 fully saturated rings. The molecule has 0 bridgehead atoms. The van der Waals surface area contributed by atoms with Gasteiger partial charge in [-0.3, -0.25) is 4.79 Å². The van der Waals surface area contributed by atoms with Crippen LogP contribution in [0.5, 0.6) is 5.75 Å². The van der Waals surface area contributed by atoms with Gasteiger partial charge in [0.15, 0.2) is 0 Å². The molecular formula is C17H26N2O2. The molecule has 0 radical (unpaired) electrons. The van der Waals surface area contributed by atoms with Crippen LogP contribution in [0.4, 0.5) is 0 Å². The Hall–Kier alpha value is -1.55. The van der Waals surface area contributed by atoms with Crippen LogP contribution in [0.25, 0.3) is 0 Å². The molecule has 2 N–H and O–H groups in total. The van der Waals surface area contributed by atoms with Gasteiger partial charge in [0, 0.05) is 12.5 Å². The van der Waals surface area contributed by atoms with Crippen molar-refractivity contribution in [2.24, 2.45) is 5.92 Å². The Morgan fingerprint density at radius 2 is 2.10 bits per heavy atom. The fraction of sp³-hybridized carbons (Fsp3) is 0.588. The standard InChI is InChI=1S/C17H26N2O2/c1-12(2)17(13-6-8-15(21-3)9-7-13)19-16(20)11-14-5-4-10-18-14/h6-9,12,14,17-18H,4-5,10-11H2,1-3H3,(H,19,20). The van der Waals surface area contributed by atoms with Crippen molar-refractivity contribution in [2.45, 2.75) is 45.2 Å². The van der Waals surface area contributed by atoms with Crippen LogP contribution >= 0.6 is 0 Å². The highest BCUT2D eigenvalue weighted by Gasteiger charge is 2.22. The Bertz CT molecular complexity index is 450. The lowest BCUT2D eigenvalue weighted by atomic mass is 9.95. The molecule has 4 nitrogen and oxygen atoms in total. The molecule has 2 rings (SSSR count). The van der Waals surface area contributed by atoms with E-state index in [9.17, 15) is 4.79 Å². The second kappa shape index (κ2) is 7.46. The molecule has 0 spiro atoms. The van der Waals surface area contributed by atoms with E-state index in [0.29, 0.717) is 18.4 Å². The average Bonchev–Trinajstić information content (AvgIpc) is 2.97. The van der Waals surface area contributed by atoms with Crippen LogP contribution in [0, 0.1) is 5.92 Å². The number of amides is 1. The zero-order valence-electron chi connectivity index (χ0n) is 13.2. The Kier molecular flexibility index (Phi) is 5.62. The largest absolute Gasteiger partial charge is 0.497 e. The van der Waals surface area contributed by atoms with Gasteiger partial charge in [-0.15, -0.1) is 0 Å². The lowest BCUT2D eigenvalue weighted by molar-refractivity contribution is -0.122. The van der Waals surface area contributed by atoms with Crippen LogP contribution < -0.4 is 15.4 Å². The molecule has 4 heteroatoms. The summed E-state index contributed by atoms with van der Waals surface area (Å²) in [7, 11) is 1.66. The minimum absolute atomic E-state index is 0.0461. The molecule has 0 saturated carbocycles. The SMILES string of the molecule is COc1ccc(C(NC(=O)CC2CCCN2)C(C)C)cc1. The van der Waals surface area contributed by atoms with Crippen molar-refractivity contribution in [3.05, 3.63) is 29.8 Å². The minimum Gasteiger partial charge on any atom is -0.497 e. The molecule has 2 unspecified atom stereocenters. The van der Waals surface area contributed by atoms with Crippen molar-refractivity contribution < 1.29 is 9.53 Å². The number of hydrogen-bond donors (Lipinski definition) is 2. The van der Waals surface area contributed by atoms with Gasteiger partial charge in [0.1, 0.15) is 5.75 Å². The third kappa shape index (κ3) is 4.46. The van der Waals surface area contributed by atoms with E-state index in [1.54, 1.807) is 7.11 Å². The molecule has 1 aliphatic heterocycles. The Labute approximate surface area is 127 Å². The average molecular weight is 290 g/mol. The molecule has 0 aromatic heterocycles. The van der Waals surface area contributed by atoms with E-state index in [1.165, 1.54) is 6.42 Å². The number of carbonyl (C=O) groups excluding carboxylic acids is 1. The highest BCUT2D eigenvalue weighted by atomic mass is 16.5. The van der Waals surface area contributed by atoms with E-state index in [2.05, 4.69) is 24.5 Å². The highest BCUT2D eigenvalue weighted by molar-refractivity contribution is 5.77. The molecule has 1 heterocycles. The number of nitrogens with one attached hydrogen (secondary N) is 2. The van der Waals surface area contributed by atoms with Gasteiger partial charge in [-0.2, -0.15) is 0 Å². The van der Waals surface area contributed by atoms with Gasteiger partial charge in [-0.25, -0.2) is 0 Å². The van der Waals surface area contributed by atoms with Crippen LogP contribution in [-0.4, -0.2) is 25.6 Å². The van der Waals surface area contributed by atoms with Crippen molar-refractivity contribution in [3.8, 4) is 5.75 Å². The molecule has 0 aliphatic carbocycles. The summed E-state index contributed by atoms with van der Waals surface area (Å²) >= 11 is 0. The summed E-state index contributed by atoms with van der Waals surface area (Å²) in [6, 6.07) is 8.32. The van der Waals surface area contributed by atoms with E-state index in [0.717, 1.165) is 24.3 Å². The molecule has 21 heavy (non-hydrogen) atoms. The van der Waals surface area contributed by atoms with Crippen molar-refractivity contribution in [1.29, 1.82) is 0 Å². The van der Waals surface area contributed by atoms with Crippen LogP contribution in [0.3, 0.4) is 0 Å². The van der Waals surface area contributed by atoms with Crippen molar-refractivity contribution in [3.63, 3.8) is 0 Å². The third-order valence-electron chi connectivity index (χ3n) is 4.05. The molecule has 1 saturated heterocycles. The molecule has 1 aromatic carbocycles. The first kappa shape index (κ1) is 15.8. The summed E-state index contributed by atoms with van der Waals surface area (Å²) in [5.74, 6) is 1.31. The van der Waals surface area contributed by atoms with Gasteiger partial charge in [-0.05, 0) is 43.0 Å². The topological polar surface area (TPSA) is 50.4 Å². The van der Waals surface area contributed by atoms with Crippen molar-refractivity contribution >= 4 is 5.91 Å². The fourth-order valence-electron chi connectivity index (χ4n) is 2.83. The summed E-state index contributed by atoms with van der Waals surface area (Å²) in [4.78, 5) is 12.2. The minimum atomic E-state index is 0.0461. The maximum Gasteiger partial charge on any atom is 0.222 e. The van der Waals surface area contributed by atoms with E-state index in [4.69, 9.17) is 4.74 Å². The van der Waals surface area contributed by atoms with Gasteiger partial charge in [0.05, 0.1) is 13.2 Å². The first-order chi connectivity index (χ1) is 10.1. The third-order valence-corrected chi connectivity index (χ3v) is 4.05.